The quantitative estimate of drug-likeness (QED) is 0.576. The number of para-hydroxylation sites is 1. The lowest BCUT2D eigenvalue weighted by Gasteiger charge is -2.07. The van der Waals surface area contributed by atoms with Gasteiger partial charge >= 0.3 is 0 Å². The summed E-state index contributed by atoms with van der Waals surface area (Å²) in [7, 11) is 0. The number of carbonyl (C=O) groups is 1. The molecule has 0 saturated carbocycles. The van der Waals surface area contributed by atoms with Crippen molar-refractivity contribution in [1.29, 1.82) is 0 Å². The minimum atomic E-state index is -0.196. The van der Waals surface area contributed by atoms with Crippen LogP contribution in [0, 0.1) is 13.8 Å². The number of rotatable bonds is 3. The summed E-state index contributed by atoms with van der Waals surface area (Å²) >= 11 is 1.37. The highest BCUT2D eigenvalue weighted by atomic mass is 32.1. The summed E-state index contributed by atoms with van der Waals surface area (Å²) in [5, 5.41) is 6.10. The molecule has 0 radical (unpaired) electrons. The topological polar surface area (TPSA) is 68.0 Å². The van der Waals surface area contributed by atoms with Crippen LogP contribution in [0.2, 0.25) is 0 Å². The maximum Gasteiger partial charge on any atom is 0.258 e. The standard InChI is InChI=1S/C19H15N3O2S/c1-11-9-14(13-5-3-4-6-15(13)20-11)18(23)22-19-21-16(10-25-19)17-8-7-12(2)24-17/h3-10H,1-2H3,(H,21,22,23). The Morgan fingerprint density at radius 2 is 1.96 bits per heavy atom. The van der Waals surface area contributed by atoms with Gasteiger partial charge in [-0.1, -0.05) is 18.2 Å². The van der Waals surface area contributed by atoms with Gasteiger partial charge in [-0.2, -0.15) is 0 Å². The normalized spacial score (nSPS) is 11.0. The van der Waals surface area contributed by atoms with Gasteiger partial charge in [-0.25, -0.2) is 4.98 Å². The lowest BCUT2D eigenvalue weighted by Crippen LogP contribution is -2.13. The third kappa shape index (κ3) is 3.04. The van der Waals surface area contributed by atoms with Crippen molar-refractivity contribution in [3.8, 4) is 11.5 Å². The number of anilines is 1. The highest BCUT2D eigenvalue weighted by molar-refractivity contribution is 7.14. The van der Waals surface area contributed by atoms with E-state index in [0.717, 1.165) is 22.4 Å². The fraction of sp³-hybridized carbons (Fsp3) is 0.105. The molecule has 6 heteroatoms. The molecule has 0 unspecified atom stereocenters. The van der Waals surface area contributed by atoms with Gasteiger partial charge in [-0.05, 0) is 38.1 Å². The number of nitrogens with one attached hydrogen (secondary N) is 1. The third-order valence-electron chi connectivity index (χ3n) is 3.81. The first-order chi connectivity index (χ1) is 12.1. The van der Waals surface area contributed by atoms with E-state index in [1.807, 2.05) is 55.6 Å². The Balaban J connectivity index is 1.64. The SMILES string of the molecule is Cc1cc(C(=O)Nc2nc(-c3ccc(C)o3)cs2)c2ccccc2n1. The predicted octanol–water partition coefficient (Wildman–Crippen LogP) is 4.82. The Bertz CT molecular complexity index is 1080. The summed E-state index contributed by atoms with van der Waals surface area (Å²) in [5.74, 6) is 1.32. The van der Waals surface area contributed by atoms with Crippen LogP contribution in [-0.2, 0) is 0 Å². The van der Waals surface area contributed by atoms with Crippen LogP contribution in [0.15, 0.2) is 52.3 Å². The van der Waals surface area contributed by atoms with Crippen molar-refractivity contribution in [2.24, 2.45) is 0 Å². The first kappa shape index (κ1) is 15.5. The number of pyridine rings is 1. The summed E-state index contributed by atoms with van der Waals surface area (Å²) in [6.07, 6.45) is 0. The second kappa shape index (κ2) is 6.14. The summed E-state index contributed by atoms with van der Waals surface area (Å²) < 4.78 is 5.57. The van der Waals surface area contributed by atoms with Gasteiger partial charge in [0.2, 0.25) is 0 Å². The van der Waals surface area contributed by atoms with Crippen LogP contribution < -0.4 is 5.32 Å². The highest BCUT2D eigenvalue weighted by Crippen LogP contribution is 2.27. The van der Waals surface area contributed by atoms with E-state index in [-0.39, 0.29) is 5.91 Å². The molecule has 3 aromatic heterocycles. The Morgan fingerprint density at radius 3 is 2.76 bits per heavy atom. The number of carbonyl (C=O) groups excluding carboxylic acids is 1. The number of amides is 1. The summed E-state index contributed by atoms with van der Waals surface area (Å²) in [4.78, 5) is 21.6. The van der Waals surface area contributed by atoms with E-state index < -0.39 is 0 Å². The van der Waals surface area contributed by atoms with Gasteiger partial charge in [-0.15, -0.1) is 11.3 Å². The number of furan rings is 1. The Morgan fingerprint density at radius 1 is 1.12 bits per heavy atom. The fourth-order valence-corrected chi connectivity index (χ4v) is 3.37. The van der Waals surface area contributed by atoms with E-state index in [1.165, 1.54) is 11.3 Å². The molecular formula is C19H15N3O2S. The lowest BCUT2D eigenvalue weighted by molar-refractivity contribution is 0.102. The van der Waals surface area contributed by atoms with Gasteiger partial charge in [0.05, 0.1) is 11.1 Å². The van der Waals surface area contributed by atoms with Crippen molar-refractivity contribution < 1.29 is 9.21 Å². The first-order valence-electron chi connectivity index (χ1n) is 7.80. The van der Waals surface area contributed by atoms with Gasteiger partial charge in [0.1, 0.15) is 11.5 Å². The largest absolute Gasteiger partial charge is 0.460 e. The number of hydrogen-bond donors (Lipinski definition) is 1. The van der Waals surface area contributed by atoms with Gasteiger partial charge in [0.15, 0.2) is 10.9 Å². The first-order valence-corrected chi connectivity index (χ1v) is 8.68. The van der Waals surface area contributed by atoms with E-state index in [0.29, 0.717) is 22.1 Å². The van der Waals surface area contributed by atoms with Crippen LogP contribution in [0.25, 0.3) is 22.4 Å². The molecule has 1 N–H and O–H groups in total. The maximum atomic E-state index is 12.7. The highest BCUT2D eigenvalue weighted by Gasteiger charge is 2.15. The summed E-state index contributed by atoms with van der Waals surface area (Å²) in [5.41, 5.74) is 2.91. The molecule has 4 aromatic rings. The second-order valence-corrected chi connectivity index (χ2v) is 6.59. The minimum Gasteiger partial charge on any atom is -0.460 e. The molecule has 0 bridgehead atoms. The zero-order valence-corrected chi connectivity index (χ0v) is 14.6. The molecule has 0 saturated heterocycles. The lowest BCUT2D eigenvalue weighted by atomic mass is 10.1. The maximum absolute atomic E-state index is 12.7. The molecule has 1 amide bonds. The van der Waals surface area contributed by atoms with Crippen molar-refractivity contribution in [1.82, 2.24) is 9.97 Å². The molecular weight excluding hydrogens is 334 g/mol. The van der Waals surface area contributed by atoms with Gasteiger partial charge in [0.25, 0.3) is 5.91 Å². The number of nitrogens with zero attached hydrogens (tertiary/aromatic N) is 2. The molecule has 25 heavy (non-hydrogen) atoms. The van der Waals surface area contributed by atoms with E-state index in [9.17, 15) is 4.79 Å². The monoisotopic (exact) mass is 349 g/mol. The predicted molar refractivity (Wildman–Crippen MR) is 99.0 cm³/mol. The number of hydrogen-bond acceptors (Lipinski definition) is 5. The average molecular weight is 349 g/mol. The van der Waals surface area contributed by atoms with Crippen molar-refractivity contribution in [3.05, 3.63) is 64.9 Å². The zero-order chi connectivity index (χ0) is 17.4. The average Bonchev–Trinajstić information content (AvgIpc) is 3.23. The third-order valence-corrected chi connectivity index (χ3v) is 4.56. The second-order valence-electron chi connectivity index (χ2n) is 5.73. The number of aryl methyl sites for hydroxylation is 2. The van der Waals surface area contributed by atoms with Crippen LogP contribution >= 0.6 is 11.3 Å². The van der Waals surface area contributed by atoms with Crippen LogP contribution in [0.5, 0.6) is 0 Å². The summed E-state index contributed by atoms with van der Waals surface area (Å²) in [6.45, 7) is 3.76. The Labute approximate surface area is 148 Å². The zero-order valence-electron chi connectivity index (χ0n) is 13.7. The van der Waals surface area contributed by atoms with Gasteiger partial charge in [0, 0.05) is 16.5 Å². The van der Waals surface area contributed by atoms with Crippen LogP contribution in [0.4, 0.5) is 5.13 Å². The van der Waals surface area contributed by atoms with E-state index >= 15 is 0 Å². The van der Waals surface area contributed by atoms with Crippen LogP contribution in [0.1, 0.15) is 21.8 Å². The summed E-state index contributed by atoms with van der Waals surface area (Å²) in [6, 6.07) is 13.2. The number of aromatic nitrogens is 2. The molecule has 124 valence electrons. The number of benzene rings is 1. The molecule has 0 fully saturated rings. The van der Waals surface area contributed by atoms with Crippen molar-refractivity contribution >= 4 is 33.3 Å². The molecule has 0 aliphatic carbocycles. The van der Waals surface area contributed by atoms with Crippen molar-refractivity contribution in [2.45, 2.75) is 13.8 Å². The van der Waals surface area contributed by atoms with Gasteiger partial charge in [-0.3, -0.25) is 15.1 Å². The Hall–Kier alpha value is -2.99. The van der Waals surface area contributed by atoms with Crippen molar-refractivity contribution in [2.75, 3.05) is 5.32 Å². The molecule has 4 rings (SSSR count). The molecule has 3 heterocycles. The fourth-order valence-electron chi connectivity index (χ4n) is 2.68. The van der Waals surface area contributed by atoms with Gasteiger partial charge < -0.3 is 4.42 Å². The van der Waals surface area contributed by atoms with Crippen molar-refractivity contribution in [3.63, 3.8) is 0 Å². The molecule has 0 aliphatic rings. The number of fused-ring (bicyclic) bond motifs is 1. The molecule has 5 nitrogen and oxygen atoms in total. The minimum absolute atomic E-state index is 0.196. The number of thiazole rings is 1. The van der Waals surface area contributed by atoms with Crippen LogP contribution in [-0.4, -0.2) is 15.9 Å². The molecule has 1 aromatic carbocycles. The van der Waals surface area contributed by atoms with E-state index in [2.05, 4.69) is 15.3 Å². The van der Waals surface area contributed by atoms with Crippen LogP contribution in [0.3, 0.4) is 0 Å². The van der Waals surface area contributed by atoms with E-state index in [1.54, 1.807) is 6.07 Å². The smallest absolute Gasteiger partial charge is 0.258 e. The molecule has 0 aliphatic heterocycles. The van der Waals surface area contributed by atoms with E-state index in [4.69, 9.17) is 4.42 Å². The molecule has 0 atom stereocenters. The Kier molecular flexibility index (Phi) is 3.82. The molecule has 0 spiro atoms.